The van der Waals surface area contributed by atoms with Gasteiger partial charge in [-0.2, -0.15) is 5.10 Å². The molecular formula is C18H17N3O3. The zero-order chi connectivity index (χ0) is 16.3. The predicted molar refractivity (Wildman–Crippen MR) is 85.1 cm³/mol. The van der Waals surface area contributed by atoms with Crippen molar-refractivity contribution in [3.63, 3.8) is 0 Å². The first-order valence-electron chi connectivity index (χ1n) is 8.32. The fourth-order valence-corrected chi connectivity index (χ4v) is 4.29. The number of benzene rings is 1. The van der Waals surface area contributed by atoms with Gasteiger partial charge in [0.15, 0.2) is 0 Å². The average Bonchev–Trinajstić information content (AvgIpc) is 3.34. The molecule has 0 unspecified atom stereocenters. The number of aromatic nitrogens is 2. The number of hydrogen-bond acceptors (Lipinski definition) is 4. The van der Waals surface area contributed by atoms with Gasteiger partial charge in [0.2, 0.25) is 11.8 Å². The molecule has 122 valence electrons. The fraction of sp³-hybridized carbons (Fsp3) is 0.389. The lowest BCUT2D eigenvalue weighted by molar-refractivity contribution is -0.124. The Kier molecular flexibility index (Phi) is 2.91. The minimum absolute atomic E-state index is 0.0826. The van der Waals surface area contributed by atoms with Crippen LogP contribution in [0.4, 0.5) is 5.69 Å². The summed E-state index contributed by atoms with van der Waals surface area (Å²) >= 11 is 0. The second kappa shape index (κ2) is 5.01. The van der Waals surface area contributed by atoms with Crippen molar-refractivity contribution in [1.82, 2.24) is 9.78 Å². The summed E-state index contributed by atoms with van der Waals surface area (Å²) in [4.78, 5) is 26.8. The van der Waals surface area contributed by atoms with Gasteiger partial charge < -0.3 is 4.74 Å². The number of rotatable bonds is 3. The van der Waals surface area contributed by atoms with E-state index in [0.29, 0.717) is 12.2 Å². The van der Waals surface area contributed by atoms with Crippen LogP contribution in [-0.2, 0) is 20.9 Å². The molecule has 3 aliphatic rings. The van der Waals surface area contributed by atoms with Crippen LogP contribution >= 0.6 is 0 Å². The number of carbonyl (C=O) groups excluding carboxylic acids is 2. The minimum Gasteiger partial charge on any atom is -0.373 e. The maximum Gasteiger partial charge on any atom is 0.240 e. The molecule has 24 heavy (non-hydrogen) atoms. The molecular weight excluding hydrogens is 306 g/mol. The van der Waals surface area contributed by atoms with E-state index in [-0.39, 0.29) is 35.9 Å². The van der Waals surface area contributed by atoms with Crippen molar-refractivity contribution in [3.05, 3.63) is 48.3 Å². The quantitative estimate of drug-likeness (QED) is 0.805. The predicted octanol–water partition coefficient (Wildman–Crippen LogP) is 1.60. The lowest BCUT2D eigenvalue weighted by Crippen LogP contribution is -2.33. The Morgan fingerprint density at radius 1 is 1.04 bits per heavy atom. The summed E-state index contributed by atoms with van der Waals surface area (Å²) in [6.45, 7) is 0.609. The van der Waals surface area contributed by atoms with Crippen LogP contribution < -0.4 is 4.90 Å². The van der Waals surface area contributed by atoms with Gasteiger partial charge in [-0.25, -0.2) is 4.90 Å². The van der Waals surface area contributed by atoms with Crippen molar-refractivity contribution in [2.75, 3.05) is 4.90 Å². The normalized spacial score (nSPS) is 31.1. The van der Waals surface area contributed by atoms with Crippen molar-refractivity contribution in [1.29, 1.82) is 0 Å². The molecule has 3 saturated heterocycles. The molecule has 4 heterocycles. The summed E-state index contributed by atoms with van der Waals surface area (Å²) in [5.41, 5.74) is 1.68. The third-order valence-electron chi connectivity index (χ3n) is 5.35. The molecule has 0 aliphatic carbocycles. The Labute approximate surface area is 139 Å². The highest BCUT2D eigenvalue weighted by molar-refractivity contribution is 6.22. The number of fused-ring (bicyclic) bond motifs is 5. The Morgan fingerprint density at radius 3 is 2.38 bits per heavy atom. The van der Waals surface area contributed by atoms with E-state index in [1.807, 2.05) is 30.3 Å². The van der Waals surface area contributed by atoms with Gasteiger partial charge in [-0.05, 0) is 18.4 Å². The van der Waals surface area contributed by atoms with Crippen molar-refractivity contribution in [2.24, 2.45) is 11.8 Å². The molecule has 0 N–H and O–H groups in total. The van der Waals surface area contributed by atoms with Crippen LogP contribution in [0.25, 0.3) is 0 Å². The van der Waals surface area contributed by atoms with Gasteiger partial charge in [0.1, 0.15) is 0 Å². The summed E-state index contributed by atoms with van der Waals surface area (Å²) in [6, 6.07) is 9.96. The number of imide groups is 1. The van der Waals surface area contributed by atoms with Crippen molar-refractivity contribution >= 4 is 17.5 Å². The Hall–Kier alpha value is -2.47. The highest BCUT2D eigenvalue weighted by Gasteiger charge is 2.62. The lowest BCUT2D eigenvalue weighted by atomic mass is 9.81. The van der Waals surface area contributed by atoms with Crippen molar-refractivity contribution in [3.8, 4) is 0 Å². The molecule has 4 atom stereocenters. The van der Waals surface area contributed by atoms with E-state index in [4.69, 9.17) is 4.74 Å². The lowest BCUT2D eigenvalue weighted by Gasteiger charge is -2.15. The second-order valence-electron chi connectivity index (χ2n) is 6.74. The SMILES string of the molecule is O=C1[C@@H]2[C@H](C(=O)N1c1cnn(Cc3ccccc3)c1)[C@H]1CC[C@H]2O1. The molecule has 0 radical (unpaired) electrons. The van der Waals surface area contributed by atoms with Gasteiger partial charge in [0.05, 0.1) is 42.5 Å². The van der Waals surface area contributed by atoms with E-state index in [1.165, 1.54) is 4.90 Å². The summed E-state index contributed by atoms with van der Waals surface area (Å²) < 4.78 is 7.51. The van der Waals surface area contributed by atoms with Crippen LogP contribution in [0.5, 0.6) is 0 Å². The number of anilines is 1. The third-order valence-corrected chi connectivity index (χ3v) is 5.35. The zero-order valence-corrected chi connectivity index (χ0v) is 13.0. The molecule has 1 aromatic carbocycles. The van der Waals surface area contributed by atoms with E-state index < -0.39 is 0 Å². The monoisotopic (exact) mass is 323 g/mol. The highest BCUT2D eigenvalue weighted by Crippen LogP contribution is 2.49. The second-order valence-corrected chi connectivity index (χ2v) is 6.74. The van der Waals surface area contributed by atoms with Crippen LogP contribution in [0.3, 0.4) is 0 Å². The number of hydrogen-bond donors (Lipinski definition) is 0. The molecule has 5 rings (SSSR count). The molecule has 2 amide bonds. The van der Waals surface area contributed by atoms with Gasteiger partial charge in [-0.3, -0.25) is 14.3 Å². The maximum atomic E-state index is 12.7. The molecule has 2 bridgehead atoms. The molecule has 0 saturated carbocycles. The van der Waals surface area contributed by atoms with Gasteiger partial charge >= 0.3 is 0 Å². The van der Waals surface area contributed by atoms with E-state index >= 15 is 0 Å². The third kappa shape index (κ3) is 1.89. The Bertz CT molecular complexity index is 788. The Morgan fingerprint density at radius 2 is 1.71 bits per heavy atom. The molecule has 1 aromatic heterocycles. The number of amides is 2. The van der Waals surface area contributed by atoms with Gasteiger partial charge in [0, 0.05) is 6.20 Å². The topological polar surface area (TPSA) is 64.4 Å². The molecule has 3 aliphatic heterocycles. The summed E-state index contributed by atoms with van der Waals surface area (Å²) in [5, 5.41) is 4.31. The first-order chi connectivity index (χ1) is 11.7. The molecule has 0 spiro atoms. The first-order valence-corrected chi connectivity index (χ1v) is 8.32. The van der Waals surface area contributed by atoms with Crippen LogP contribution in [0, 0.1) is 11.8 Å². The number of nitrogens with zero attached hydrogens (tertiary/aromatic N) is 3. The first kappa shape index (κ1) is 13.9. The summed E-state index contributed by atoms with van der Waals surface area (Å²) in [7, 11) is 0. The van der Waals surface area contributed by atoms with Crippen LogP contribution in [0.2, 0.25) is 0 Å². The average molecular weight is 323 g/mol. The summed E-state index contributed by atoms with van der Waals surface area (Å²) in [5.74, 6) is -0.852. The van der Waals surface area contributed by atoms with Crippen molar-refractivity contribution < 1.29 is 14.3 Å². The Balaban J connectivity index is 1.41. The maximum absolute atomic E-state index is 12.7. The van der Waals surface area contributed by atoms with E-state index in [0.717, 1.165) is 18.4 Å². The van der Waals surface area contributed by atoms with E-state index in [9.17, 15) is 9.59 Å². The minimum atomic E-state index is -0.297. The van der Waals surface area contributed by atoms with Crippen molar-refractivity contribution in [2.45, 2.75) is 31.6 Å². The molecule has 6 heteroatoms. The smallest absolute Gasteiger partial charge is 0.240 e. The number of carbonyl (C=O) groups is 2. The summed E-state index contributed by atoms with van der Waals surface area (Å²) in [6.07, 6.45) is 4.97. The van der Waals surface area contributed by atoms with Gasteiger partial charge in [-0.15, -0.1) is 0 Å². The largest absolute Gasteiger partial charge is 0.373 e. The van der Waals surface area contributed by atoms with E-state index in [2.05, 4.69) is 5.10 Å². The zero-order valence-electron chi connectivity index (χ0n) is 13.0. The van der Waals surface area contributed by atoms with E-state index in [1.54, 1.807) is 17.1 Å². The van der Waals surface area contributed by atoms with Crippen LogP contribution in [0.1, 0.15) is 18.4 Å². The van der Waals surface area contributed by atoms with Gasteiger partial charge in [0.25, 0.3) is 0 Å². The fourth-order valence-electron chi connectivity index (χ4n) is 4.29. The molecule has 3 fully saturated rings. The number of ether oxygens (including phenoxy) is 1. The molecule has 6 nitrogen and oxygen atoms in total. The standard InChI is InChI=1S/C18H17N3O3/c22-17-15-13-6-7-14(24-13)16(15)18(23)21(17)12-8-19-20(10-12)9-11-4-2-1-3-5-11/h1-5,8,10,13-16H,6-7,9H2/t13-,14-,15-,16+/m1/s1. The van der Waals surface area contributed by atoms with Crippen LogP contribution in [-0.4, -0.2) is 33.8 Å². The highest BCUT2D eigenvalue weighted by atomic mass is 16.5. The van der Waals surface area contributed by atoms with Gasteiger partial charge in [-0.1, -0.05) is 30.3 Å². The molecule has 2 aromatic rings. The van der Waals surface area contributed by atoms with Crippen LogP contribution in [0.15, 0.2) is 42.7 Å².